The van der Waals surface area contributed by atoms with Crippen molar-refractivity contribution in [2.45, 2.75) is 52.1 Å². The number of ether oxygens (including phenoxy) is 1. The van der Waals surface area contributed by atoms with E-state index < -0.39 is 24.0 Å². The van der Waals surface area contributed by atoms with Gasteiger partial charge in [0, 0.05) is 11.4 Å². The number of hydrogen-bond acceptors (Lipinski definition) is 5. The summed E-state index contributed by atoms with van der Waals surface area (Å²) in [4.78, 5) is 37.0. The zero-order valence-corrected chi connectivity index (χ0v) is 14.3. The third-order valence-electron chi connectivity index (χ3n) is 3.67. The van der Waals surface area contributed by atoms with Crippen LogP contribution in [0.4, 0.5) is 4.79 Å². The number of carbonyl (C=O) groups excluding carboxylic acids is 3. The van der Waals surface area contributed by atoms with Gasteiger partial charge in [0.25, 0.3) is 5.91 Å². The fourth-order valence-electron chi connectivity index (χ4n) is 2.46. The molecule has 23 heavy (non-hydrogen) atoms. The van der Waals surface area contributed by atoms with Crippen LogP contribution in [0.2, 0.25) is 0 Å². The zero-order valence-electron chi connectivity index (χ0n) is 13.4. The normalized spacial score (nSPS) is 15.0. The maximum Gasteiger partial charge on any atom is 0.349 e. The largest absolute Gasteiger partial charge is 0.448 e. The maximum atomic E-state index is 12.2. The second-order valence-corrected chi connectivity index (χ2v) is 6.65. The molecule has 0 aliphatic heterocycles. The molecule has 2 rings (SSSR count). The fourth-order valence-corrected chi connectivity index (χ4v) is 3.60. The highest BCUT2D eigenvalue weighted by atomic mass is 32.1. The number of esters is 1. The Bertz CT molecular complexity index is 573. The first-order valence-electron chi connectivity index (χ1n) is 7.92. The summed E-state index contributed by atoms with van der Waals surface area (Å²) in [6.45, 7) is 3.60. The van der Waals surface area contributed by atoms with E-state index in [1.54, 1.807) is 6.92 Å². The molecule has 1 aromatic rings. The van der Waals surface area contributed by atoms with Gasteiger partial charge in [0.1, 0.15) is 4.88 Å². The highest BCUT2D eigenvalue weighted by Gasteiger charge is 2.23. The van der Waals surface area contributed by atoms with Crippen LogP contribution in [0.5, 0.6) is 0 Å². The van der Waals surface area contributed by atoms with Crippen molar-refractivity contribution in [2.24, 2.45) is 0 Å². The van der Waals surface area contributed by atoms with Gasteiger partial charge in [-0.2, -0.15) is 0 Å². The average Bonchev–Trinajstić information content (AvgIpc) is 2.78. The Morgan fingerprint density at radius 3 is 2.74 bits per heavy atom. The lowest BCUT2D eigenvalue weighted by molar-refractivity contribution is -0.127. The molecule has 0 radical (unpaired) electrons. The minimum atomic E-state index is -1.02. The summed E-state index contributed by atoms with van der Waals surface area (Å²) in [6.07, 6.45) is 4.48. The van der Waals surface area contributed by atoms with Gasteiger partial charge in [0.15, 0.2) is 6.10 Å². The van der Waals surface area contributed by atoms with E-state index in [1.807, 2.05) is 6.07 Å². The van der Waals surface area contributed by atoms with Crippen LogP contribution in [0.15, 0.2) is 6.07 Å². The smallest absolute Gasteiger partial charge is 0.349 e. The van der Waals surface area contributed by atoms with Gasteiger partial charge >= 0.3 is 12.0 Å². The summed E-state index contributed by atoms with van der Waals surface area (Å²) < 4.78 is 5.17. The molecule has 0 saturated carbocycles. The number of urea groups is 1. The van der Waals surface area contributed by atoms with Crippen molar-refractivity contribution in [2.75, 3.05) is 6.54 Å². The van der Waals surface area contributed by atoms with Crippen LogP contribution in [0, 0.1) is 0 Å². The van der Waals surface area contributed by atoms with E-state index in [4.69, 9.17) is 4.74 Å². The van der Waals surface area contributed by atoms with Crippen LogP contribution in [-0.2, 0) is 22.4 Å². The Hall–Kier alpha value is -1.89. The van der Waals surface area contributed by atoms with Gasteiger partial charge in [-0.15, -0.1) is 11.3 Å². The van der Waals surface area contributed by atoms with Crippen LogP contribution >= 0.6 is 11.3 Å². The van der Waals surface area contributed by atoms with Crippen LogP contribution in [-0.4, -0.2) is 30.6 Å². The Kier molecular flexibility index (Phi) is 6.15. The second-order valence-electron chi connectivity index (χ2n) is 5.52. The van der Waals surface area contributed by atoms with Gasteiger partial charge in [-0.1, -0.05) is 6.42 Å². The Morgan fingerprint density at radius 1 is 1.26 bits per heavy atom. The van der Waals surface area contributed by atoms with Crippen molar-refractivity contribution in [3.63, 3.8) is 0 Å². The molecule has 0 spiro atoms. The first kappa shape index (κ1) is 17.5. The number of imide groups is 1. The van der Waals surface area contributed by atoms with Crippen molar-refractivity contribution in [3.8, 4) is 0 Å². The first-order chi connectivity index (χ1) is 11.0. The molecule has 1 heterocycles. The number of carbonyl (C=O) groups is 3. The van der Waals surface area contributed by atoms with Crippen molar-refractivity contribution in [1.29, 1.82) is 0 Å². The average molecular weight is 338 g/mol. The van der Waals surface area contributed by atoms with Crippen LogP contribution in [0.3, 0.4) is 0 Å². The number of amides is 3. The lowest BCUT2D eigenvalue weighted by Crippen LogP contribution is -2.44. The summed E-state index contributed by atoms with van der Waals surface area (Å²) >= 11 is 1.45. The molecule has 3 amide bonds. The predicted octanol–water partition coefficient (Wildman–Crippen LogP) is 2.41. The SMILES string of the molecule is CCNC(=O)NC(=O)[C@@H](C)OC(=O)c1cc2c(s1)CCCCC2. The minimum absolute atomic E-state index is 0.411. The molecule has 2 N–H and O–H groups in total. The van der Waals surface area contributed by atoms with Crippen molar-refractivity contribution >= 4 is 29.2 Å². The van der Waals surface area contributed by atoms with Crippen molar-refractivity contribution < 1.29 is 19.1 Å². The molecule has 0 fully saturated rings. The van der Waals surface area contributed by atoms with Gasteiger partial charge in [-0.3, -0.25) is 10.1 Å². The lowest BCUT2D eigenvalue weighted by Gasteiger charge is -2.12. The first-order valence-corrected chi connectivity index (χ1v) is 8.74. The lowest BCUT2D eigenvalue weighted by atomic mass is 10.1. The van der Waals surface area contributed by atoms with Gasteiger partial charge in [0.05, 0.1) is 0 Å². The molecule has 1 aliphatic rings. The fraction of sp³-hybridized carbons (Fsp3) is 0.562. The third kappa shape index (κ3) is 4.79. The van der Waals surface area contributed by atoms with Gasteiger partial charge < -0.3 is 10.1 Å². The van der Waals surface area contributed by atoms with Crippen molar-refractivity contribution in [3.05, 3.63) is 21.4 Å². The quantitative estimate of drug-likeness (QED) is 0.652. The third-order valence-corrected chi connectivity index (χ3v) is 4.89. The van der Waals surface area contributed by atoms with Crippen LogP contribution in [0.25, 0.3) is 0 Å². The van der Waals surface area contributed by atoms with E-state index in [0.29, 0.717) is 11.4 Å². The predicted molar refractivity (Wildman–Crippen MR) is 87.7 cm³/mol. The standard InChI is InChI=1S/C16H22N2O4S/c1-3-17-16(21)18-14(19)10(2)22-15(20)13-9-11-7-5-4-6-8-12(11)23-13/h9-10H,3-8H2,1-2H3,(H2,17,18,19,21)/t10-/m1/s1. The topological polar surface area (TPSA) is 84.5 Å². The molecule has 1 aromatic heterocycles. The number of hydrogen-bond donors (Lipinski definition) is 2. The van der Waals surface area contributed by atoms with Gasteiger partial charge in [-0.25, -0.2) is 9.59 Å². The number of thiophene rings is 1. The molecule has 0 saturated heterocycles. The molecule has 0 unspecified atom stereocenters. The van der Waals surface area contributed by atoms with E-state index in [1.165, 1.54) is 35.1 Å². The number of aryl methyl sites for hydroxylation is 2. The summed E-state index contributed by atoms with van der Waals surface area (Å²) in [6, 6.07) is 1.28. The number of nitrogens with one attached hydrogen (secondary N) is 2. The second kappa shape index (κ2) is 8.10. The summed E-state index contributed by atoms with van der Waals surface area (Å²) in [5, 5.41) is 4.58. The zero-order chi connectivity index (χ0) is 16.8. The highest BCUT2D eigenvalue weighted by Crippen LogP contribution is 2.29. The minimum Gasteiger partial charge on any atom is -0.448 e. The number of rotatable bonds is 4. The van der Waals surface area contributed by atoms with Gasteiger partial charge in [0.2, 0.25) is 0 Å². The molecule has 1 aliphatic carbocycles. The highest BCUT2D eigenvalue weighted by molar-refractivity contribution is 7.14. The van der Waals surface area contributed by atoms with E-state index in [-0.39, 0.29) is 0 Å². The van der Waals surface area contributed by atoms with Crippen molar-refractivity contribution in [1.82, 2.24) is 10.6 Å². The molecule has 1 atom stereocenters. The Balaban J connectivity index is 1.93. The molecule has 0 bridgehead atoms. The van der Waals surface area contributed by atoms with E-state index in [0.717, 1.165) is 25.7 Å². The summed E-state index contributed by atoms with van der Waals surface area (Å²) in [5.74, 6) is -1.15. The molecule has 7 heteroatoms. The van der Waals surface area contributed by atoms with E-state index in [2.05, 4.69) is 10.6 Å². The monoisotopic (exact) mass is 338 g/mol. The molecule has 6 nitrogen and oxygen atoms in total. The maximum absolute atomic E-state index is 12.2. The van der Waals surface area contributed by atoms with E-state index >= 15 is 0 Å². The Labute approximate surface area is 139 Å². The Morgan fingerprint density at radius 2 is 2.00 bits per heavy atom. The molecule has 0 aromatic carbocycles. The van der Waals surface area contributed by atoms with Crippen LogP contribution in [0.1, 0.15) is 53.2 Å². The molecule has 126 valence electrons. The van der Waals surface area contributed by atoms with Crippen LogP contribution < -0.4 is 10.6 Å². The molecular weight excluding hydrogens is 316 g/mol. The molecular formula is C16H22N2O4S. The summed E-state index contributed by atoms with van der Waals surface area (Å²) in [7, 11) is 0. The van der Waals surface area contributed by atoms with E-state index in [9.17, 15) is 14.4 Å². The summed E-state index contributed by atoms with van der Waals surface area (Å²) in [5.41, 5.74) is 1.22. The number of fused-ring (bicyclic) bond motifs is 1. The van der Waals surface area contributed by atoms with Gasteiger partial charge in [-0.05, 0) is 51.2 Å².